The minimum absolute atomic E-state index is 0.0465. The first-order valence-corrected chi connectivity index (χ1v) is 15.1. The predicted molar refractivity (Wildman–Crippen MR) is 157 cm³/mol. The second-order valence-corrected chi connectivity index (χ2v) is 12.7. The molecule has 236 valence electrons. The highest BCUT2D eigenvalue weighted by atomic mass is 32.2. The van der Waals surface area contributed by atoms with Crippen molar-refractivity contribution in [1.82, 2.24) is 19.8 Å². The van der Waals surface area contributed by atoms with E-state index in [0.717, 1.165) is 29.5 Å². The van der Waals surface area contributed by atoms with Crippen LogP contribution in [0.2, 0.25) is 0 Å². The predicted octanol–water partition coefficient (Wildman–Crippen LogP) is 1.94. The topological polar surface area (TPSA) is 157 Å². The van der Waals surface area contributed by atoms with Gasteiger partial charge in [-0.2, -0.15) is 0 Å². The number of pyridine rings is 1. The largest absolute Gasteiger partial charge is 0.477 e. The molecule has 4 heterocycles. The Balaban J connectivity index is 1.28. The molecule has 3 atom stereocenters. The number of aliphatic carboxylic acids is 1. The third-order valence-electron chi connectivity index (χ3n) is 8.46. The molecule has 2 saturated heterocycles. The lowest BCUT2D eigenvalue weighted by Gasteiger charge is -2.43. The molecule has 6 rings (SSSR count). The molecule has 44 heavy (non-hydrogen) atoms. The van der Waals surface area contributed by atoms with Crippen molar-refractivity contribution < 1.29 is 38.1 Å². The molecular formula is C28H32F2N6O7S. The lowest BCUT2D eigenvalue weighted by molar-refractivity contribution is -0.156. The number of anilines is 2. The van der Waals surface area contributed by atoms with Gasteiger partial charge < -0.3 is 29.3 Å². The molecule has 2 aromatic rings. The van der Waals surface area contributed by atoms with Crippen LogP contribution in [0.1, 0.15) is 31.4 Å². The number of halogens is 2. The molecule has 13 nitrogen and oxygen atoms in total. The van der Waals surface area contributed by atoms with E-state index >= 15 is 8.78 Å². The molecule has 0 spiro atoms. The lowest BCUT2D eigenvalue weighted by atomic mass is 9.92. The molecule has 2 amide bonds. The molecule has 1 saturated carbocycles. The average Bonchev–Trinajstić information content (AvgIpc) is 3.76. The fraction of sp³-hybridized carbons (Fsp3) is 0.500. The third kappa shape index (κ3) is 4.94. The van der Waals surface area contributed by atoms with Gasteiger partial charge >= 0.3 is 12.1 Å². The van der Waals surface area contributed by atoms with Crippen LogP contribution in [0.3, 0.4) is 0 Å². The van der Waals surface area contributed by atoms with E-state index in [1.54, 1.807) is 22.6 Å². The van der Waals surface area contributed by atoms with Crippen molar-refractivity contribution in [2.75, 3.05) is 50.2 Å². The Bertz CT molecular complexity index is 1670. The number of nitrogens with one attached hydrogen (secondary N) is 2. The zero-order chi connectivity index (χ0) is 31.6. The number of thioether (sulfide) groups is 1. The summed E-state index contributed by atoms with van der Waals surface area (Å²) in [6.07, 6.45) is 0.997. The Labute approximate surface area is 254 Å². The standard InChI is InChI=1S/C28H32F2N6O7S/c1-12-10-35(14-4-5-14)22-17(24(12)38)20(18(29)23(19(22)30)34-8-6-33(3)7-9-34)31-32-28(42)43-11-15-21(27(40)41)36-25(39)16(13(2)37)26(36)44-15/h10,13-14,16,26,31,37H,4-9,11H2,1-3H3,(H,32,42)(H,40,41)/t13-,16+,26-/m1/s1. The Kier molecular flexibility index (Phi) is 7.70. The number of hydrogen-bond donors (Lipinski definition) is 4. The Morgan fingerprint density at radius 2 is 1.84 bits per heavy atom. The number of aliphatic hydroxyl groups is 1. The van der Waals surface area contributed by atoms with Gasteiger partial charge in [-0.3, -0.25) is 19.9 Å². The van der Waals surface area contributed by atoms with E-state index in [9.17, 15) is 29.4 Å². The number of likely N-dealkylation sites (N-methyl/N-ethyl adjacent to an activating group) is 1. The van der Waals surface area contributed by atoms with Crippen LogP contribution in [0.4, 0.5) is 25.0 Å². The van der Waals surface area contributed by atoms with Gasteiger partial charge in [-0.25, -0.2) is 23.8 Å². The SMILES string of the molecule is Cc1cn(C2CC2)c2c(F)c(N3CCN(C)CC3)c(F)c(NNC(=O)OCC3=C(C(=O)O)N4C(=O)[C@H]([C@@H](C)O)[C@H]4S3)c2c1=O. The van der Waals surface area contributed by atoms with Gasteiger partial charge in [0.05, 0.1) is 27.8 Å². The van der Waals surface area contributed by atoms with Gasteiger partial charge in [-0.1, -0.05) is 11.8 Å². The second-order valence-electron chi connectivity index (χ2n) is 11.5. The number of β-lactam (4-membered cyclic amide) rings is 1. The highest BCUT2D eigenvalue weighted by Gasteiger charge is 2.57. The van der Waals surface area contributed by atoms with Crippen molar-refractivity contribution in [3.05, 3.63) is 44.2 Å². The quantitative estimate of drug-likeness (QED) is 0.249. The van der Waals surface area contributed by atoms with Crippen molar-refractivity contribution >= 4 is 52.0 Å². The minimum Gasteiger partial charge on any atom is -0.477 e. The summed E-state index contributed by atoms with van der Waals surface area (Å²) in [7, 11) is 1.91. The number of ether oxygens (including phenoxy) is 1. The van der Waals surface area contributed by atoms with Gasteiger partial charge in [0, 0.05) is 44.0 Å². The maximum absolute atomic E-state index is 16.2. The first-order valence-electron chi connectivity index (χ1n) is 14.2. The van der Waals surface area contributed by atoms with Crippen LogP contribution in [-0.2, 0) is 14.3 Å². The summed E-state index contributed by atoms with van der Waals surface area (Å²) in [4.78, 5) is 55.1. The smallest absolute Gasteiger partial charge is 0.426 e. The van der Waals surface area contributed by atoms with Crippen molar-refractivity contribution in [1.29, 1.82) is 0 Å². The van der Waals surface area contributed by atoms with E-state index in [1.807, 2.05) is 11.9 Å². The fourth-order valence-electron chi connectivity index (χ4n) is 5.96. The highest BCUT2D eigenvalue weighted by Crippen LogP contribution is 2.50. The van der Waals surface area contributed by atoms with Gasteiger partial charge in [0.15, 0.2) is 17.1 Å². The Morgan fingerprint density at radius 1 is 1.16 bits per heavy atom. The summed E-state index contributed by atoms with van der Waals surface area (Å²) in [5.74, 6) is -4.62. The Hall–Kier alpha value is -3.89. The van der Waals surface area contributed by atoms with Crippen molar-refractivity contribution in [3.8, 4) is 0 Å². The summed E-state index contributed by atoms with van der Waals surface area (Å²) < 4.78 is 39.3. The van der Waals surface area contributed by atoms with Crippen LogP contribution >= 0.6 is 11.8 Å². The van der Waals surface area contributed by atoms with Crippen molar-refractivity contribution in [3.63, 3.8) is 0 Å². The number of aryl methyl sites for hydroxylation is 1. The first kappa shape index (κ1) is 30.1. The number of rotatable bonds is 8. The number of carbonyl (C=O) groups is 3. The lowest BCUT2D eigenvalue weighted by Crippen LogP contribution is -2.60. The molecule has 16 heteroatoms. The van der Waals surface area contributed by atoms with E-state index in [4.69, 9.17) is 4.74 Å². The van der Waals surface area contributed by atoms with Gasteiger partial charge in [-0.05, 0) is 33.7 Å². The molecule has 0 bridgehead atoms. The van der Waals surface area contributed by atoms with E-state index in [-0.39, 0.29) is 38.8 Å². The number of amides is 2. The monoisotopic (exact) mass is 634 g/mol. The summed E-state index contributed by atoms with van der Waals surface area (Å²) in [6.45, 7) is 4.30. The fourth-order valence-corrected chi connectivity index (χ4v) is 7.48. The first-order chi connectivity index (χ1) is 20.9. The summed E-state index contributed by atoms with van der Waals surface area (Å²) in [5, 5.41) is 18.7. The molecule has 3 fully saturated rings. The molecule has 1 aromatic carbocycles. The molecular weight excluding hydrogens is 602 g/mol. The van der Waals surface area contributed by atoms with E-state index in [0.29, 0.717) is 26.2 Å². The molecule has 1 aliphatic carbocycles. The van der Waals surface area contributed by atoms with Crippen LogP contribution in [0, 0.1) is 24.5 Å². The zero-order valence-electron chi connectivity index (χ0n) is 24.2. The molecule has 0 unspecified atom stereocenters. The second kappa shape index (κ2) is 11.2. The highest BCUT2D eigenvalue weighted by molar-refractivity contribution is 8.04. The summed E-state index contributed by atoms with van der Waals surface area (Å²) in [6, 6.07) is -0.0465. The molecule has 4 aliphatic rings. The number of hydrazine groups is 1. The number of aliphatic hydroxyl groups excluding tert-OH is 1. The van der Waals surface area contributed by atoms with Gasteiger partial charge in [0.1, 0.15) is 29.1 Å². The van der Waals surface area contributed by atoms with Crippen LogP contribution in [0.5, 0.6) is 0 Å². The van der Waals surface area contributed by atoms with Crippen LogP contribution in [0.15, 0.2) is 21.6 Å². The van der Waals surface area contributed by atoms with E-state index in [1.165, 1.54) is 6.92 Å². The summed E-state index contributed by atoms with van der Waals surface area (Å²) in [5.41, 5.74) is 3.20. The van der Waals surface area contributed by atoms with Gasteiger partial charge in [-0.15, -0.1) is 0 Å². The van der Waals surface area contributed by atoms with Crippen LogP contribution in [0.25, 0.3) is 10.9 Å². The molecule has 4 N–H and O–H groups in total. The van der Waals surface area contributed by atoms with E-state index in [2.05, 4.69) is 10.9 Å². The number of carboxylic acids is 1. The number of benzene rings is 1. The minimum atomic E-state index is -1.40. The summed E-state index contributed by atoms with van der Waals surface area (Å²) >= 11 is 0.995. The maximum Gasteiger partial charge on any atom is 0.426 e. The van der Waals surface area contributed by atoms with Crippen LogP contribution < -0.4 is 21.2 Å². The van der Waals surface area contributed by atoms with Crippen LogP contribution in [-0.4, -0.2) is 93.9 Å². The number of fused-ring (bicyclic) bond motifs is 2. The van der Waals surface area contributed by atoms with Crippen molar-refractivity contribution in [2.24, 2.45) is 5.92 Å². The number of aromatic nitrogens is 1. The zero-order valence-corrected chi connectivity index (χ0v) is 25.0. The Morgan fingerprint density at radius 3 is 2.45 bits per heavy atom. The number of carboxylic acid groups (broad SMARTS) is 1. The van der Waals surface area contributed by atoms with Gasteiger partial charge in [0.2, 0.25) is 5.91 Å². The van der Waals surface area contributed by atoms with Crippen molar-refractivity contribution in [2.45, 2.75) is 44.2 Å². The molecule has 3 aliphatic heterocycles. The number of hydrogen-bond acceptors (Lipinski definition) is 10. The normalized spacial score (nSPS) is 22.6. The number of nitrogens with zero attached hydrogens (tertiary/aromatic N) is 4. The molecule has 0 radical (unpaired) electrons. The number of carbonyl (C=O) groups excluding carboxylic acids is 2. The van der Waals surface area contributed by atoms with E-state index < -0.39 is 64.7 Å². The number of piperazine rings is 1. The van der Waals surface area contributed by atoms with Gasteiger partial charge in [0.25, 0.3) is 0 Å². The molecule has 1 aromatic heterocycles. The third-order valence-corrected chi connectivity index (χ3v) is 9.81. The average molecular weight is 635 g/mol. The maximum atomic E-state index is 16.2.